The van der Waals surface area contributed by atoms with Crippen molar-refractivity contribution in [2.75, 3.05) is 4.90 Å². The minimum absolute atomic E-state index is 0.142. The Morgan fingerprint density at radius 2 is 1.84 bits per heavy atom. The SMILES string of the molecule is Cc1c(Cl)cccc1N1C(=O)C(=O)/C(=C(/O)c2ccc([N+](=O)[O-])cc2)C1c1cccnc1. The number of non-ortho nitro benzene ring substituents is 1. The molecular weight excluding hydrogens is 434 g/mol. The van der Waals surface area contributed by atoms with Crippen LogP contribution in [-0.4, -0.2) is 26.7 Å². The summed E-state index contributed by atoms with van der Waals surface area (Å²) in [5, 5.41) is 22.4. The Balaban J connectivity index is 1.94. The average Bonchev–Trinajstić information content (AvgIpc) is 3.06. The van der Waals surface area contributed by atoms with Crippen LogP contribution in [0, 0.1) is 17.0 Å². The predicted molar refractivity (Wildman–Crippen MR) is 118 cm³/mol. The Labute approximate surface area is 187 Å². The molecule has 1 unspecified atom stereocenters. The molecule has 3 aromatic rings. The highest BCUT2D eigenvalue weighted by Gasteiger charge is 2.47. The molecule has 1 saturated heterocycles. The molecule has 1 aliphatic heterocycles. The molecule has 0 spiro atoms. The smallest absolute Gasteiger partial charge is 0.300 e. The zero-order valence-corrected chi connectivity index (χ0v) is 17.5. The largest absolute Gasteiger partial charge is 0.507 e. The Morgan fingerprint density at radius 3 is 2.47 bits per heavy atom. The lowest BCUT2D eigenvalue weighted by Gasteiger charge is -2.26. The van der Waals surface area contributed by atoms with Crippen LogP contribution in [0.25, 0.3) is 5.76 Å². The molecule has 1 aromatic heterocycles. The number of halogens is 1. The van der Waals surface area contributed by atoms with E-state index in [1.807, 2.05) is 0 Å². The summed E-state index contributed by atoms with van der Waals surface area (Å²) in [7, 11) is 0. The van der Waals surface area contributed by atoms with Gasteiger partial charge in [0.2, 0.25) is 0 Å². The fourth-order valence-electron chi connectivity index (χ4n) is 3.69. The maximum Gasteiger partial charge on any atom is 0.300 e. The average molecular weight is 450 g/mol. The van der Waals surface area contributed by atoms with Gasteiger partial charge in [-0.2, -0.15) is 0 Å². The van der Waals surface area contributed by atoms with Crippen molar-refractivity contribution in [2.45, 2.75) is 13.0 Å². The topological polar surface area (TPSA) is 114 Å². The van der Waals surface area contributed by atoms with E-state index in [-0.39, 0.29) is 16.8 Å². The summed E-state index contributed by atoms with van der Waals surface area (Å²) < 4.78 is 0. The summed E-state index contributed by atoms with van der Waals surface area (Å²) in [5.41, 5.74) is 1.40. The van der Waals surface area contributed by atoms with Crippen LogP contribution in [0.3, 0.4) is 0 Å². The summed E-state index contributed by atoms with van der Waals surface area (Å²) in [6.07, 6.45) is 3.06. The van der Waals surface area contributed by atoms with Crippen molar-refractivity contribution >= 4 is 40.4 Å². The lowest BCUT2D eigenvalue weighted by Crippen LogP contribution is -2.30. The first-order valence-electron chi connectivity index (χ1n) is 9.52. The van der Waals surface area contributed by atoms with Gasteiger partial charge in [0.1, 0.15) is 5.76 Å². The molecule has 1 N–H and O–H groups in total. The zero-order chi connectivity index (χ0) is 23.0. The third-order valence-electron chi connectivity index (χ3n) is 5.29. The van der Waals surface area contributed by atoms with Gasteiger partial charge in [0, 0.05) is 40.8 Å². The molecule has 2 heterocycles. The van der Waals surface area contributed by atoms with Crippen LogP contribution in [0.2, 0.25) is 5.02 Å². The summed E-state index contributed by atoms with van der Waals surface area (Å²) in [6, 6.07) is 12.5. The van der Waals surface area contributed by atoms with Crippen LogP contribution < -0.4 is 4.90 Å². The molecule has 0 aliphatic carbocycles. The molecule has 0 saturated carbocycles. The molecule has 1 atom stereocenters. The molecule has 160 valence electrons. The molecule has 1 amide bonds. The van der Waals surface area contributed by atoms with Gasteiger partial charge in [0.15, 0.2) is 0 Å². The van der Waals surface area contributed by atoms with Crippen molar-refractivity contribution in [2.24, 2.45) is 0 Å². The summed E-state index contributed by atoms with van der Waals surface area (Å²) in [4.78, 5) is 42.0. The fraction of sp³-hybridized carbons (Fsp3) is 0.0870. The van der Waals surface area contributed by atoms with Gasteiger partial charge in [0.05, 0.1) is 16.5 Å². The van der Waals surface area contributed by atoms with Crippen molar-refractivity contribution in [1.82, 2.24) is 4.98 Å². The Bertz CT molecular complexity index is 1270. The first-order chi connectivity index (χ1) is 15.3. The number of hydrogen-bond acceptors (Lipinski definition) is 6. The first kappa shape index (κ1) is 21.2. The maximum absolute atomic E-state index is 13.1. The minimum Gasteiger partial charge on any atom is -0.507 e. The minimum atomic E-state index is -0.962. The van der Waals surface area contributed by atoms with Crippen LogP contribution in [0.4, 0.5) is 11.4 Å². The van der Waals surface area contributed by atoms with Gasteiger partial charge >= 0.3 is 0 Å². The molecule has 9 heteroatoms. The van der Waals surface area contributed by atoms with Gasteiger partial charge in [0.25, 0.3) is 17.4 Å². The van der Waals surface area contributed by atoms with Crippen molar-refractivity contribution < 1.29 is 19.6 Å². The number of hydrogen-bond donors (Lipinski definition) is 1. The maximum atomic E-state index is 13.1. The molecule has 0 bridgehead atoms. The van der Waals surface area contributed by atoms with E-state index in [0.29, 0.717) is 21.8 Å². The molecule has 0 radical (unpaired) electrons. The van der Waals surface area contributed by atoms with Gasteiger partial charge in [-0.25, -0.2) is 0 Å². The quantitative estimate of drug-likeness (QED) is 0.205. The standard InChI is InChI=1S/C23H16ClN3O5/c1-13-17(24)5-2-6-18(13)26-20(15-4-3-11-25-12-15)19(22(29)23(26)30)21(28)14-7-9-16(10-8-14)27(31)32/h2-12,20,28H,1H3/b21-19+. The molecule has 4 rings (SSSR count). The number of pyridine rings is 1. The highest BCUT2D eigenvalue weighted by atomic mass is 35.5. The number of carbonyl (C=O) groups is 2. The number of rotatable bonds is 4. The van der Waals surface area contributed by atoms with Gasteiger partial charge in [-0.15, -0.1) is 0 Å². The first-order valence-corrected chi connectivity index (χ1v) is 9.90. The van der Waals surface area contributed by atoms with Crippen LogP contribution >= 0.6 is 11.6 Å². The second-order valence-electron chi connectivity index (χ2n) is 7.14. The van der Waals surface area contributed by atoms with Gasteiger partial charge in [-0.05, 0) is 48.4 Å². The number of nitro benzene ring substituents is 1. The Morgan fingerprint density at radius 1 is 1.12 bits per heavy atom. The number of benzene rings is 2. The number of nitrogens with zero attached hydrogens (tertiary/aromatic N) is 3. The van der Waals surface area contributed by atoms with E-state index in [0.717, 1.165) is 0 Å². The Hall–Kier alpha value is -4.04. The predicted octanol–water partition coefficient (Wildman–Crippen LogP) is 4.58. The molecule has 2 aromatic carbocycles. The van der Waals surface area contributed by atoms with E-state index in [9.17, 15) is 24.8 Å². The van der Waals surface area contributed by atoms with Crippen molar-refractivity contribution in [3.8, 4) is 0 Å². The number of Topliss-reactive ketones (excluding diaryl/α,β-unsaturated/α-hetero) is 1. The van der Waals surface area contributed by atoms with Crippen LogP contribution in [0.5, 0.6) is 0 Å². The van der Waals surface area contributed by atoms with Gasteiger partial charge in [-0.1, -0.05) is 23.7 Å². The number of amides is 1. The number of anilines is 1. The zero-order valence-electron chi connectivity index (χ0n) is 16.7. The highest BCUT2D eigenvalue weighted by molar-refractivity contribution is 6.52. The third-order valence-corrected chi connectivity index (χ3v) is 5.70. The highest BCUT2D eigenvalue weighted by Crippen LogP contribution is 2.43. The molecule has 1 aliphatic rings. The second-order valence-corrected chi connectivity index (χ2v) is 7.55. The number of carbonyl (C=O) groups excluding carboxylic acids is 2. The van der Waals surface area contributed by atoms with Crippen LogP contribution in [0.1, 0.15) is 22.7 Å². The number of ketones is 1. The number of aliphatic hydroxyl groups is 1. The van der Waals surface area contributed by atoms with Gasteiger partial charge < -0.3 is 5.11 Å². The van der Waals surface area contributed by atoms with E-state index in [4.69, 9.17) is 11.6 Å². The van der Waals surface area contributed by atoms with Gasteiger partial charge in [-0.3, -0.25) is 29.6 Å². The van der Waals surface area contributed by atoms with Crippen molar-refractivity contribution in [3.05, 3.63) is 104 Å². The summed E-state index contributed by atoms with van der Waals surface area (Å²) >= 11 is 6.25. The lowest BCUT2D eigenvalue weighted by atomic mass is 9.96. The van der Waals surface area contributed by atoms with Crippen LogP contribution in [-0.2, 0) is 9.59 Å². The number of aromatic nitrogens is 1. The van der Waals surface area contributed by atoms with E-state index in [2.05, 4.69) is 4.98 Å². The molecule has 32 heavy (non-hydrogen) atoms. The second kappa shape index (κ2) is 8.24. The summed E-state index contributed by atoms with van der Waals surface area (Å²) in [6.45, 7) is 1.73. The third kappa shape index (κ3) is 3.50. The Kier molecular flexibility index (Phi) is 5.46. The van der Waals surface area contributed by atoms with Crippen molar-refractivity contribution in [3.63, 3.8) is 0 Å². The molecule has 8 nitrogen and oxygen atoms in total. The van der Waals surface area contributed by atoms with E-state index >= 15 is 0 Å². The molecule has 1 fully saturated rings. The van der Waals surface area contributed by atoms with E-state index in [1.54, 1.807) is 43.5 Å². The fourth-order valence-corrected chi connectivity index (χ4v) is 3.86. The normalized spacial score (nSPS) is 17.6. The number of nitro groups is 1. The number of aliphatic hydroxyl groups excluding tert-OH is 1. The van der Waals surface area contributed by atoms with E-state index in [1.165, 1.54) is 35.4 Å². The van der Waals surface area contributed by atoms with Crippen molar-refractivity contribution in [1.29, 1.82) is 0 Å². The van der Waals surface area contributed by atoms with E-state index < -0.39 is 28.4 Å². The molecular formula is C23H16ClN3O5. The monoisotopic (exact) mass is 449 g/mol. The summed E-state index contributed by atoms with van der Waals surface area (Å²) in [5.74, 6) is -2.14. The lowest BCUT2D eigenvalue weighted by molar-refractivity contribution is -0.384. The van der Waals surface area contributed by atoms with Crippen LogP contribution in [0.15, 0.2) is 72.6 Å².